The third kappa shape index (κ3) is 2.81. The van der Waals surface area contributed by atoms with Gasteiger partial charge in [0.15, 0.2) is 0 Å². The summed E-state index contributed by atoms with van der Waals surface area (Å²) in [5.74, 6) is 1.07. The molecule has 0 radical (unpaired) electrons. The molecule has 0 amide bonds. The molecule has 0 saturated heterocycles. The number of rotatable bonds is 5. The molecule has 1 heterocycles. The Kier molecular flexibility index (Phi) is 4.06. The minimum Gasteiger partial charge on any atom is -0.493 e. The van der Waals surface area contributed by atoms with E-state index in [2.05, 4.69) is 44.3 Å². The van der Waals surface area contributed by atoms with Gasteiger partial charge in [-0.1, -0.05) is 26.0 Å². The van der Waals surface area contributed by atoms with Crippen molar-refractivity contribution < 1.29 is 4.74 Å². The summed E-state index contributed by atoms with van der Waals surface area (Å²) in [6.07, 6.45) is 3.44. The molecule has 0 bridgehead atoms. The monoisotopic (exact) mass is 233 g/mol. The molecule has 1 unspecified atom stereocenters. The van der Waals surface area contributed by atoms with Crippen LogP contribution in [0.3, 0.4) is 0 Å². The lowest BCUT2D eigenvalue weighted by molar-refractivity contribution is 0.356. The maximum absolute atomic E-state index is 5.54. The Morgan fingerprint density at radius 1 is 1.29 bits per heavy atom. The quantitative estimate of drug-likeness (QED) is 0.841. The summed E-state index contributed by atoms with van der Waals surface area (Å²) in [5, 5.41) is 3.68. The van der Waals surface area contributed by atoms with E-state index >= 15 is 0 Å². The second kappa shape index (κ2) is 5.54. The van der Waals surface area contributed by atoms with Crippen LogP contribution in [0.15, 0.2) is 18.2 Å². The molecule has 0 aromatic heterocycles. The van der Waals surface area contributed by atoms with Crippen LogP contribution in [0.5, 0.6) is 5.75 Å². The van der Waals surface area contributed by atoms with Crippen molar-refractivity contribution in [1.29, 1.82) is 0 Å². The first kappa shape index (κ1) is 12.4. The van der Waals surface area contributed by atoms with E-state index in [0.717, 1.165) is 18.8 Å². The Hall–Kier alpha value is -1.02. The summed E-state index contributed by atoms with van der Waals surface area (Å²) in [6.45, 7) is 7.57. The van der Waals surface area contributed by atoms with Crippen molar-refractivity contribution in [2.24, 2.45) is 0 Å². The van der Waals surface area contributed by atoms with E-state index < -0.39 is 0 Å². The highest BCUT2D eigenvalue weighted by Crippen LogP contribution is 2.28. The van der Waals surface area contributed by atoms with Crippen molar-refractivity contribution in [3.05, 3.63) is 29.3 Å². The fourth-order valence-corrected chi connectivity index (χ4v) is 2.45. The summed E-state index contributed by atoms with van der Waals surface area (Å²) in [7, 11) is 0. The second-order valence-electron chi connectivity index (χ2n) is 4.87. The average molecular weight is 233 g/mol. The Morgan fingerprint density at radius 2 is 2.06 bits per heavy atom. The van der Waals surface area contributed by atoms with Gasteiger partial charge in [0.05, 0.1) is 6.61 Å². The van der Waals surface area contributed by atoms with Crippen LogP contribution in [-0.4, -0.2) is 12.6 Å². The summed E-state index contributed by atoms with van der Waals surface area (Å²) >= 11 is 0. The molecule has 2 heteroatoms. The number of hydrogen-bond donors (Lipinski definition) is 1. The molecule has 0 fully saturated rings. The predicted octanol–water partition coefficient (Wildman–Crippen LogP) is 3.46. The third-order valence-corrected chi connectivity index (χ3v) is 3.68. The van der Waals surface area contributed by atoms with Gasteiger partial charge in [0, 0.05) is 18.5 Å². The first-order valence-electron chi connectivity index (χ1n) is 6.76. The van der Waals surface area contributed by atoms with Gasteiger partial charge in [-0.05, 0) is 37.0 Å². The van der Waals surface area contributed by atoms with Gasteiger partial charge in [-0.2, -0.15) is 0 Å². The highest BCUT2D eigenvalue weighted by Gasteiger charge is 2.15. The summed E-state index contributed by atoms with van der Waals surface area (Å²) in [5.41, 5.74) is 2.74. The molecule has 1 aliphatic heterocycles. The molecule has 2 rings (SSSR count). The Morgan fingerprint density at radius 3 is 2.76 bits per heavy atom. The summed E-state index contributed by atoms with van der Waals surface area (Å²) in [6, 6.07) is 7.63. The van der Waals surface area contributed by atoms with Crippen LogP contribution in [0.1, 0.15) is 50.8 Å². The highest BCUT2D eigenvalue weighted by molar-refractivity contribution is 5.40. The highest BCUT2D eigenvalue weighted by atomic mass is 16.5. The van der Waals surface area contributed by atoms with E-state index in [1.165, 1.54) is 24.0 Å². The Balaban J connectivity index is 2.06. The van der Waals surface area contributed by atoms with Gasteiger partial charge in [-0.15, -0.1) is 0 Å². The largest absolute Gasteiger partial charge is 0.493 e. The van der Waals surface area contributed by atoms with E-state index in [-0.39, 0.29) is 0 Å². The molecule has 1 aliphatic rings. The Bertz CT molecular complexity index is 371. The van der Waals surface area contributed by atoms with Gasteiger partial charge in [-0.25, -0.2) is 0 Å². The molecular formula is C15H23NO. The maximum Gasteiger partial charge on any atom is 0.122 e. The lowest BCUT2D eigenvalue weighted by Gasteiger charge is -2.21. The van der Waals surface area contributed by atoms with Gasteiger partial charge >= 0.3 is 0 Å². The average Bonchev–Trinajstić information content (AvgIpc) is 2.82. The normalized spacial score (nSPS) is 15.8. The lowest BCUT2D eigenvalue weighted by atomic mass is 10.0. The fourth-order valence-electron chi connectivity index (χ4n) is 2.45. The first-order valence-corrected chi connectivity index (χ1v) is 6.76. The van der Waals surface area contributed by atoms with E-state index in [9.17, 15) is 0 Å². The van der Waals surface area contributed by atoms with Crippen molar-refractivity contribution in [2.75, 3.05) is 6.61 Å². The van der Waals surface area contributed by atoms with Crippen molar-refractivity contribution in [2.45, 2.75) is 52.1 Å². The minimum absolute atomic E-state index is 0.422. The van der Waals surface area contributed by atoms with Gasteiger partial charge in [0.25, 0.3) is 0 Å². The predicted molar refractivity (Wildman–Crippen MR) is 71.6 cm³/mol. The zero-order valence-electron chi connectivity index (χ0n) is 11.1. The number of nitrogens with one attached hydrogen (secondary N) is 1. The molecule has 1 N–H and O–H groups in total. The van der Waals surface area contributed by atoms with E-state index in [4.69, 9.17) is 4.74 Å². The number of hydrogen-bond acceptors (Lipinski definition) is 2. The van der Waals surface area contributed by atoms with E-state index in [1.807, 2.05) is 0 Å². The molecule has 1 aromatic rings. The maximum atomic E-state index is 5.54. The SMILES string of the molecule is CCC(CC)NC(C)c1ccc2c(c1)CCO2. The zero-order valence-corrected chi connectivity index (χ0v) is 11.1. The van der Waals surface area contributed by atoms with E-state index in [1.54, 1.807) is 0 Å². The van der Waals surface area contributed by atoms with Gasteiger partial charge in [0.2, 0.25) is 0 Å². The summed E-state index contributed by atoms with van der Waals surface area (Å²) in [4.78, 5) is 0. The smallest absolute Gasteiger partial charge is 0.122 e. The number of fused-ring (bicyclic) bond motifs is 1. The van der Waals surface area contributed by atoms with Gasteiger partial charge in [-0.3, -0.25) is 0 Å². The van der Waals surface area contributed by atoms with E-state index in [0.29, 0.717) is 12.1 Å². The minimum atomic E-state index is 0.422. The Labute approximate surface area is 104 Å². The summed E-state index contributed by atoms with van der Waals surface area (Å²) < 4.78 is 5.54. The standard InChI is InChI=1S/C15H23NO/c1-4-14(5-2)16-11(3)12-6-7-15-13(10-12)8-9-17-15/h6-7,10-11,14,16H,4-5,8-9H2,1-3H3. The molecule has 1 atom stereocenters. The van der Waals surface area contributed by atoms with Crippen LogP contribution in [0, 0.1) is 0 Å². The first-order chi connectivity index (χ1) is 8.24. The molecule has 2 nitrogen and oxygen atoms in total. The molecule has 1 aromatic carbocycles. The molecule has 0 saturated carbocycles. The molecule has 0 aliphatic carbocycles. The molecule has 94 valence electrons. The van der Waals surface area contributed by atoms with Crippen molar-refractivity contribution >= 4 is 0 Å². The van der Waals surface area contributed by atoms with Crippen molar-refractivity contribution in [3.8, 4) is 5.75 Å². The molecule has 17 heavy (non-hydrogen) atoms. The second-order valence-corrected chi connectivity index (χ2v) is 4.87. The number of ether oxygens (including phenoxy) is 1. The van der Waals surface area contributed by atoms with Crippen LogP contribution in [0.2, 0.25) is 0 Å². The van der Waals surface area contributed by atoms with Crippen LogP contribution >= 0.6 is 0 Å². The topological polar surface area (TPSA) is 21.3 Å². The van der Waals surface area contributed by atoms with Crippen molar-refractivity contribution in [1.82, 2.24) is 5.32 Å². The molecular weight excluding hydrogens is 210 g/mol. The lowest BCUT2D eigenvalue weighted by Crippen LogP contribution is -2.30. The third-order valence-electron chi connectivity index (χ3n) is 3.68. The van der Waals surface area contributed by atoms with Gasteiger partial charge < -0.3 is 10.1 Å². The number of benzene rings is 1. The zero-order chi connectivity index (χ0) is 12.3. The molecule has 0 spiro atoms. The van der Waals surface area contributed by atoms with Crippen LogP contribution in [-0.2, 0) is 6.42 Å². The van der Waals surface area contributed by atoms with Crippen molar-refractivity contribution in [3.63, 3.8) is 0 Å². The van der Waals surface area contributed by atoms with Gasteiger partial charge in [0.1, 0.15) is 5.75 Å². The van der Waals surface area contributed by atoms with Crippen LogP contribution < -0.4 is 10.1 Å². The van der Waals surface area contributed by atoms with Crippen LogP contribution in [0.4, 0.5) is 0 Å². The van der Waals surface area contributed by atoms with Crippen LogP contribution in [0.25, 0.3) is 0 Å². The fraction of sp³-hybridized carbons (Fsp3) is 0.600.